The fourth-order valence-corrected chi connectivity index (χ4v) is 3.95. The van der Waals surface area contributed by atoms with Crippen LogP contribution in [0.1, 0.15) is 30.9 Å². The van der Waals surface area contributed by atoms with E-state index in [-0.39, 0.29) is 4.90 Å². The van der Waals surface area contributed by atoms with Crippen LogP contribution < -0.4 is 10.5 Å². The van der Waals surface area contributed by atoms with Gasteiger partial charge in [0, 0.05) is 24.8 Å². The monoisotopic (exact) mass is 311 g/mol. The average molecular weight is 311 g/mol. The Morgan fingerprint density at radius 2 is 2.00 bits per heavy atom. The lowest BCUT2D eigenvalue weighted by Gasteiger charge is -2.20. The van der Waals surface area contributed by atoms with Crippen LogP contribution in [0.25, 0.3) is 0 Å². The molecule has 5 nitrogen and oxygen atoms in total. The number of anilines is 1. The summed E-state index contributed by atoms with van der Waals surface area (Å²) in [5, 5.41) is 0. The molecule has 0 aliphatic heterocycles. The Morgan fingerprint density at radius 3 is 2.57 bits per heavy atom. The molecule has 1 aromatic rings. The van der Waals surface area contributed by atoms with Gasteiger partial charge in [-0.1, -0.05) is 6.92 Å². The van der Waals surface area contributed by atoms with Gasteiger partial charge >= 0.3 is 0 Å². The minimum atomic E-state index is -3.50. The van der Waals surface area contributed by atoms with E-state index >= 15 is 0 Å². The van der Waals surface area contributed by atoms with Crippen LogP contribution in [-0.2, 0) is 10.0 Å². The van der Waals surface area contributed by atoms with Crippen LogP contribution in [0.15, 0.2) is 17.0 Å². The van der Waals surface area contributed by atoms with Gasteiger partial charge in [0.05, 0.1) is 4.90 Å². The fourth-order valence-electron chi connectivity index (χ4n) is 2.57. The summed E-state index contributed by atoms with van der Waals surface area (Å²) in [4.78, 5) is 2.61. The average Bonchev–Trinajstić information content (AvgIpc) is 3.23. The maximum Gasteiger partial charge on any atom is 0.240 e. The molecule has 1 aromatic carbocycles. The third kappa shape index (κ3) is 3.96. The minimum absolute atomic E-state index is 0.287. The van der Waals surface area contributed by atoms with E-state index < -0.39 is 10.0 Å². The molecule has 6 heteroatoms. The van der Waals surface area contributed by atoms with Gasteiger partial charge in [0.25, 0.3) is 0 Å². The largest absolute Gasteiger partial charge is 0.398 e. The van der Waals surface area contributed by atoms with Crippen molar-refractivity contribution in [3.63, 3.8) is 0 Å². The first-order valence-electron chi connectivity index (χ1n) is 7.45. The lowest BCUT2D eigenvalue weighted by Crippen LogP contribution is -2.36. The molecule has 118 valence electrons. The molecule has 0 bridgehead atoms. The van der Waals surface area contributed by atoms with Crippen LogP contribution in [-0.4, -0.2) is 39.0 Å². The standard InChI is InChI=1S/C15H25N3O2S/c1-4-18(13-5-6-13)8-7-17-21(19,20)15-10-11(2)9-14(16)12(15)3/h9-10,13,17H,4-8,16H2,1-3H3. The molecule has 1 fully saturated rings. The highest BCUT2D eigenvalue weighted by Gasteiger charge is 2.27. The van der Waals surface area contributed by atoms with Gasteiger partial charge in [-0.3, -0.25) is 4.90 Å². The Morgan fingerprint density at radius 1 is 1.33 bits per heavy atom. The molecule has 0 atom stereocenters. The zero-order valence-corrected chi connectivity index (χ0v) is 13.8. The summed E-state index contributed by atoms with van der Waals surface area (Å²) in [5.74, 6) is 0. The Balaban J connectivity index is 2.04. The van der Waals surface area contributed by atoms with Crippen LogP contribution in [0.5, 0.6) is 0 Å². The zero-order valence-electron chi connectivity index (χ0n) is 13.0. The van der Waals surface area contributed by atoms with Crippen molar-refractivity contribution in [3.8, 4) is 0 Å². The van der Waals surface area contributed by atoms with Gasteiger partial charge in [0.1, 0.15) is 0 Å². The maximum absolute atomic E-state index is 12.4. The molecule has 0 spiro atoms. The predicted molar refractivity (Wildman–Crippen MR) is 85.8 cm³/mol. The molecule has 1 aliphatic carbocycles. The SMILES string of the molecule is CCN(CCNS(=O)(=O)c1cc(C)cc(N)c1C)C1CC1. The highest BCUT2D eigenvalue weighted by molar-refractivity contribution is 7.89. The fraction of sp³-hybridized carbons (Fsp3) is 0.600. The molecule has 21 heavy (non-hydrogen) atoms. The van der Waals surface area contributed by atoms with E-state index in [2.05, 4.69) is 16.5 Å². The second-order valence-corrected chi connectivity index (χ2v) is 7.47. The van der Waals surface area contributed by atoms with Crippen LogP contribution in [0.3, 0.4) is 0 Å². The number of likely N-dealkylation sites (N-methyl/N-ethyl adjacent to an activating group) is 1. The van der Waals surface area contributed by atoms with Gasteiger partial charge in [-0.25, -0.2) is 13.1 Å². The van der Waals surface area contributed by atoms with E-state index in [4.69, 9.17) is 5.73 Å². The molecule has 0 amide bonds. The lowest BCUT2D eigenvalue weighted by molar-refractivity contribution is 0.282. The molecule has 0 unspecified atom stereocenters. The number of nitrogens with two attached hydrogens (primary N) is 1. The van der Waals surface area contributed by atoms with Crippen molar-refractivity contribution in [2.45, 2.75) is 44.6 Å². The quantitative estimate of drug-likeness (QED) is 0.751. The summed E-state index contributed by atoms with van der Waals surface area (Å²) >= 11 is 0. The number of aryl methyl sites for hydroxylation is 1. The van der Waals surface area contributed by atoms with Crippen molar-refractivity contribution in [3.05, 3.63) is 23.3 Å². The van der Waals surface area contributed by atoms with E-state index in [1.807, 2.05) is 6.92 Å². The number of benzene rings is 1. The first-order valence-corrected chi connectivity index (χ1v) is 8.94. The minimum Gasteiger partial charge on any atom is -0.398 e. The highest BCUT2D eigenvalue weighted by atomic mass is 32.2. The molecule has 0 saturated heterocycles. The van der Waals surface area contributed by atoms with Gasteiger partial charge in [0.15, 0.2) is 0 Å². The molecule has 3 N–H and O–H groups in total. The summed E-state index contributed by atoms with van der Waals surface area (Å²) in [6.45, 7) is 7.84. The Labute approximate surface area is 127 Å². The van der Waals surface area contributed by atoms with Crippen LogP contribution >= 0.6 is 0 Å². The molecule has 2 rings (SSSR count). The van der Waals surface area contributed by atoms with E-state index in [0.29, 0.717) is 23.8 Å². The summed E-state index contributed by atoms with van der Waals surface area (Å²) in [6.07, 6.45) is 2.46. The summed E-state index contributed by atoms with van der Waals surface area (Å²) in [5.41, 5.74) is 7.85. The van der Waals surface area contributed by atoms with Crippen LogP contribution in [0.4, 0.5) is 5.69 Å². The smallest absolute Gasteiger partial charge is 0.240 e. The number of nitrogen functional groups attached to an aromatic ring is 1. The van der Waals surface area contributed by atoms with Gasteiger partial charge in [-0.15, -0.1) is 0 Å². The molecule has 0 heterocycles. The van der Waals surface area contributed by atoms with Crippen LogP contribution in [0, 0.1) is 13.8 Å². The third-order valence-corrected chi connectivity index (χ3v) is 5.58. The van der Waals surface area contributed by atoms with Gasteiger partial charge < -0.3 is 5.73 Å². The molecule has 0 aromatic heterocycles. The molecule has 1 saturated carbocycles. The highest BCUT2D eigenvalue weighted by Crippen LogP contribution is 2.26. The summed E-state index contributed by atoms with van der Waals surface area (Å²) < 4.78 is 27.5. The second kappa shape index (κ2) is 6.34. The van der Waals surface area contributed by atoms with E-state index in [0.717, 1.165) is 18.7 Å². The van der Waals surface area contributed by atoms with Gasteiger partial charge in [-0.2, -0.15) is 0 Å². The Hall–Kier alpha value is -1.11. The van der Waals surface area contributed by atoms with Gasteiger partial charge in [-0.05, 0) is 56.5 Å². The number of hydrogen-bond acceptors (Lipinski definition) is 4. The van der Waals surface area contributed by atoms with Crippen molar-refractivity contribution >= 4 is 15.7 Å². The molecule has 0 radical (unpaired) electrons. The van der Waals surface area contributed by atoms with Crippen molar-refractivity contribution in [2.75, 3.05) is 25.4 Å². The van der Waals surface area contributed by atoms with Crippen LogP contribution in [0.2, 0.25) is 0 Å². The van der Waals surface area contributed by atoms with Crippen molar-refractivity contribution in [2.24, 2.45) is 0 Å². The summed E-state index contributed by atoms with van der Waals surface area (Å²) in [6, 6.07) is 4.11. The Bertz CT molecular complexity index is 610. The molecule has 1 aliphatic rings. The van der Waals surface area contributed by atoms with Crippen molar-refractivity contribution in [1.29, 1.82) is 0 Å². The zero-order chi connectivity index (χ0) is 15.6. The first-order chi connectivity index (χ1) is 9.85. The maximum atomic E-state index is 12.4. The summed E-state index contributed by atoms with van der Waals surface area (Å²) in [7, 11) is -3.50. The number of sulfonamides is 1. The predicted octanol–water partition coefficient (Wildman–Crippen LogP) is 1.65. The van der Waals surface area contributed by atoms with Gasteiger partial charge in [0.2, 0.25) is 10.0 Å². The topological polar surface area (TPSA) is 75.4 Å². The lowest BCUT2D eigenvalue weighted by atomic mass is 10.1. The van der Waals surface area contributed by atoms with E-state index in [1.165, 1.54) is 12.8 Å². The number of rotatable bonds is 7. The normalized spacial score (nSPS) is 15.6. The first kappa shape index (κ1) is 16.3. The molecular weight excluding hydrogens is 286 g/mol. The molecular formula is C15H25N3O2S. The second-order valence-electron chi connectivity index (χ2n) is 5.73. The van der Waals surface area contributed by atoms with Crippen molar-refractivity contribution in [1.82, 2.24) is 9.62 Å². The van der Waals surface area contributed by atoms with E-state index in [1.54, 1.807) is 19.1 Å². The van der Waals surface area contributed by atoms with E-state index in [9.17, 15) is 8.42 Å². The number of hydrogen-bond donors (Lipinski definition) is 2. The third-order valence-electron chi connectivity index (χ3n) is 3.99. The number of nitrogens with one attached hydrogen (secondary N) is 1. The Kier molecular flexibility index (Phi) is 4.91. The van der Waals surface area contributed by atoms with Crippen molar-refractivity contribution < 1.29 is 8.42 Å². The number of nitrogens with zero attached hydrogens (tertiary/aromatic N) is 1.